The van der Waals surface area contributed by atoms with Crippen molar-refractivity contribution in [1.29, 1.82) is 0 Å². The standard InChI is InChI=1S/C8H10.C7H9NO2S/c1-7-3-5-8(2)6-4-7;8-11(9,10)6-7-4-2-1-3-5-7/h3-6H,1-2H3;1-5H,6H2,(H2,8,9,10). The fourth-order valence-corrected chi connectivity index (χ4v) is 2.10. The Morgan fingerprint density at radius 2 is 1.26 bits per heavy atom. The summed E-state index contributed by atoms with van der Waals surface area (Å²) in [4.78, 5) is 0. The molecule has 0 saturated carbocycles. The van der Waals surface area contributed by atoms with Crippen molar-refractivity contribution in [1.82, 2.24) is 0 Å². The molecule has 0 aliphatic heterocycles. The van der Waals surface area contributed by atoms with Crippen molar-refractivity contribution >= 4 is 10.0 Å². The van der Waals surface area contributed by atoms with Crippen LogP contribution in [0.3, 0.4) is 0 Å². The van der Waals surface area contributed by atoms with Gasteiger partial charge in [0.25, 0.3) is 0 Å². The lowest BCUT2D eigenvalue weighted by molar-refractivity contribution is 0.597. The summed E-state index contributed by atoms with van der Waals surface area (Å²) in [6, 6.07) is 17.3. The molecule has 0 saturated heterocycles. The quantitative estimate of drug-likeness (QED) is 0.917. The largest absolute Gasteiger partial charge is 0.228 e. The second-order valence-corrected chi connectivity index (χ2v) is 6.06. The van der Waals surface area contributed by atoms with Crippen molar-refractivity contribution in [2.24, 2.45) is 5.14 Å². The lowest BCUT2D eigenvalue weighted by atomic mass is 10.2. The monoisotopic (exact) mass is 277 g/mol. The van der Waals surface area contributed by atoms with E-state index in [0.717, 1.165) is 5.56 Å². The van der Waals surface area contributed by atoms with Crippen LogP contribution in [0.5, 0.6) is 0 Å². The Kier molecular flexibility index (Phi) is 5.73. The van der Waals surface area contributed by atoms with Crippen molar-refractivity contribution in [3.8, 4) is 0 Å². The SMILES string of the molecule is Cc1ccc(C)cc1.NS(=O)(=O)Cc1ccccc1. The maximum Gasteiger partial charge on any atom is 0.213 e. The van der Waals surface area contributed by atoms with Crippen LogP contribution in [0.4, 0.5) is 0 Å². The number of nitrogens with two attached hydrogens (primary N) is 1. The van der Waals surface area contributed by atoms with Gasteiger partial charge in [0.1, 0.15) is 0 Å². The van der Waals surface area contributed by atoms with Gasteiger partial charge in [-0.15, -0.1) is 0 Å². The van der Waals surface area contributed by atoms with Crippen LogP contribution in [-0.2, 0) is 15.8 Å². The van der Waals surface area contributed by atoms with Crippen molar-refractivity contribution in [3.05, 3.63) is 71.3 Å². The first kappa shape index (κ1) is 15.4. The number of rotatable bonds is 2. The third-order valence-corrected chi connectivity index (χ3v) is 3.16. The first-order chi connectivity index (χ1) is 8.87. The molecule has 102 valence electrons. The number of hydrogen-bond acceptors (Lipinski definition) is 2. The zero-order valence-corrected chi connectivity index (χ0v) is 12.0. The van der Waals surface area contributed by atoms with E-state index in [2.05, 4.69) is 38.1 Å². The summed E-state index contributed by atoms with van der Waals surface area (Å²) in [5, 5.41) is 4.84. The van der Waals surface area contributed by atoms with Crippen molar-refractivity contribution in [2.45, 2.75) is 19.6 Å². The van der Waals surface area contributed by atoms with Gasteiger partial charge in [0, 0.05) is 0 Å². The second kappa shape index (κ2) is 7.07. The molecule has 4 heteroatoms. The average molecular weight is 277 g/mol. The van der Waals surface area contributed by atoms with Gasteiger partial charge in [0.05, 0.1) is 5.75 Å². The van der Waals surface area contributed by atoms with Gasteiger partial charge < -0.3 is 0 Å². The maximum atomic E-state index is 10.6. The van der Waals surface area contributed by atoms with Gasteiger partial charge in [-0.2, -0.15) is 0 Å². The molecule has 0 spiro atoms. The van der Waals surface area contributed by atoms with E-state index < -0.39 is 10.0 Å². The third-order valence-electron chi connectivity index (χ3n) is 2.43. The molecule has 0 bridgehead atoms. The Bertz CT molecular complexity index is 569. The van der Waals surface area contributed by atoms with Crippen molar-refractivity contribution < 1.29 is 8.42 Å². The van der Waals surface area contributed by atoms with E-state index in [-0.39, 0.29) is 5.75 Å². The van der Waals surface area contributed by atoms with Gasteiger partial charge >= 0.3 is 0 Å². The topological polar surface area (TPSA) is 60.2 Å². The highest BCUT2D eigenvalue weighted by Crippen LogP contribution is 2.01. The summed E-state index contributed by atoms with van der Waals surface area (Å²) in [6.45, 7) is 4.19. The molecule has 0 atom stereocenters. The molecule has 0 aromatic heterocycles. The molecule has 3 nitrogen and oxygen atoms in total. The fourth-order valence-electron chi connectivity index (χ4n) is 1.44. The van der Waals surface area contributed by atoms with Gasteiger partial charge in [-0.1, -0.05) is 65.7 Å². The highest BCUT2D eigenvalue weighted by Gasteiger charge is 2.02. The van der Waals surface area contributed by atoms with E-state index in [4.69, 9.17) is 5.14 Å². The summed E-state index contributed by atoms with van der Waals surface area (Å²) in [7, 11) is -3.38. The molecule has 0 fully saturated rings. The number of hydrogen-bond donors (Lipinski definition) is 1. The number of benzene rings is 2. The van der Waals surface area contributed by atoms with E-state index >= 15 is 0 Å². The summed E-state index contributed by atoms with van der Waals surface area (Å²) >= 11 is 0. The van der Waals surface area contributed by atoms with Crippen LogP contribution < -0.4 is 5.14 Å². The number of primary sulfonamides is 1. The van der Waals surface area contributed by atoms with Gasteiger partial charge in [-0.3, -0.25) is 0 Å². The maximum absolute atomic E-state index is 10.6. The second-order valence-electron chi connectivity index (χ2n) is 4.45. The van der Waals surface area contributed by atoms with Crippen LogP contribution in [0.25, 0.3) is 0 Å². The van der Waals surface area contributed by atoms with Crippen LogP contribution in [0.2, 0.25) is 0 Å². The predicted octanol–water partition coefficient (Wildman–Crippen LogP) is 2.78. The molecule has 2 rings (SSSR count). The Morgan fingerprint density at radius 3 is 1.63 bits per heavy atom. The third kappa shape index (κ3) is 7.39. The van der Waals surface area contributed by atoms with Crippen LogP contribution in [0.1, 0.15) is 16.7 Å². The first-order valence-corrected chi connectivity index (χ1v) is 7.66. The van der Waals surface area contributed by atoms with E-state index in [1.807, 2.05) is 6.07 Å². The Hall–Kier alpha value is -1.65. The summed E-state index contributed by atoms with van der Waals surface area (Å²) < 4.78 is 21.2. The van der Waals surface area contributed by atoms with Gasteiger partial charge in [-0.25, -0.2) is 13.6 Å². The van der Waals surface area contributed by atoms with E-state index in [1.54, 1.807) is 24.3 Å². The van der Waals surface area contributed by atoms with E-state index in [1.165, 1.54) is 11.1 Å². The van der Waals surface area contributed by atoms with Gasteiger partial charge in [-0.05, 0) is 19.4 Å². The van der Waals surface area contributed by atoms with Crippen LogP contribution in [0, 0.1) is 13.8 Å². The lowest BCUT2D eigenvalue weighted by Crippen LogP contribution is -2.14. The molecule has 2 N–H and O–H groups in total. The Labute approximate surface area is 115 Å². The molecule has 0 unspecified atom stereocenters. The highest BCUT2D eigenvalue weighted by molar-refractivity contribution is 7.88. The van der Waals surface area contributed by atoms with E-state index in [0.29, 0.717) is 0 Å². The average Bonchev–Trinajstić information content (AvgIpc) is 2.33. The molecule has 0 heterocycles. The minimum absolute atomic E-state index is 0.0894. The molecule has 0 radical (unpaired) electrons. The predicted molar refractivity (Wildman–Crippen MR) is 79.2 cm³/mol. The van der Waals surface area contributed by atoms with Crippen LogP contribution in [0.15, 0.2) is 54.6 Å². The molecule has 19 heavy (non-hydrogen) atoms. The molecule has 2 aromatic rings. The zero-order valence-electron chi connectivity index (χ0n) is 11.2. The summed E-state index contributed by atoms with van der Waals surface area (Å²) in [5.74, 6) is -0.0894. The number of sulfonamides is 1. The van der Waals surface area contributed by atoms with Crippen molar-refractivity contribution in [3.63, 3.8) is 0 Å². The Balaban J connectivity index is 0.000000200. The van der Waals surface area contributed by atoms with Crippen LogP contribution in [-0.4, -0.2) is 8.42 Å². The van der Waals surface area contributed by atoms with Crippen LogP contribution >= 0.6 is 0 Å². The van der Waals surface area contributed by atoms with Gasteiger partial charge in [0.2, 0.25) is 10.0 Å². The number of aryl methyl sites for hydroxylation is 2. The lowest BCUT2D eigenvalue weighted by Gasteiger charge is -1.96. The summed E-state index contributed by atoms with van der Waals surface area (Å²) in [5.41, 5.74) is 3.38. The van der Waals surface area contributed by atoms with Gasteiger partial charge in [0.15, 0.2) is 0 Å². The normalized spacial score (nSPS) is 10.5. The smallest absolute Gasteiger partial charge is 0.213 e. The minimum Gasteiger partial charge on any atom is -0.228 e. The molecule has 2 aromatic carbocycles. The molecule has 0 amide bonds. The molecule has 0 aliphatic rings. The van der Waals surface area contributed by atoms with Crippen molar-refractivity contribution in [2.75, 3.05) is 0 Å². The minimum atomic E-state index is -3.38. The first-order valence-electron chi connectivity index (χ1n) is 5.94. The molecular formula is C15H19NO2S. The molecular weight excluding hydrogens is 258 g/mol. The highest BCUT2D eigenvalue weighted by atomic mass is 32.2. The molecule has 0 aliphatic carbocycles. The van der Waals surface area contributed by atoms with E-state index in [9.17, 15) is 8.42 Å². The zero-order chi connectivity index (χ0) is 14.3. The fraction of sp³-hybridized carbons (Fsp3) is 0.200. The Morgan fingerprint density at radius 1 is 0.842 bits per heavy atom. The summed E-state index contributed by atoms with van der Waals surface area (Å²) in [6.07, 6.45) is 0.